The normalized spacial score (nSPS) is 23.1. The molecule has 3 N–H and O–H groups in total. The smallest absolute Gasteiger partial charge is 0.274 e. The minimum atomic E-state index is -0.600. The fraction of sp³-hybridized carbons (Fsp3) is 0.304. The van der Waals surface area contributed by atoms with Gasteiger partial charge in [-0.3, -0.25) is 14.9 Å². The Morgan fingerprint density at radius 1 is 1.20 bits per heavy atom. The van der Waals surface area contributed by atoms with Crippen LogP contribution in [0.2, 0.25) is 0 Å². The Morgan fingerprint density at radius 2 is 2.03 bits per heavy atom. The van der Waals surface area contributed by atoms with E-state index in [1.54, 1.807) is 22.9 Å². The molecule has 2 heterocycles. The van der Waals surface area contributed by atoms with Gasteiger partial charge in [-0.25, -0.2) is 10.5 Å². The van der Waals surface area contributed by atoms with Crippen LogP contribution in [-0.2, 0) is 19.4 Å². The first-order valence-electron chi connectivity index (χ1n) is 10.1. The SMILES string of the molecule is O=C(NO)c1cccc2c1CC1(CCN(Cc3csc(-c4ccccc4)n3)C1O)C2. The number of thiazole rings is 1. The Balaban J connectivity index is 1.33. The van der Waals surface area contributed by atoms with E-state index in [1.165, 1.54) is 0 Å². The lowest BCUT2D eigenvalue weighted by Gasteiger charge is -2.30. The van der Waals surface area contributed by atoms with Crippen LogP contribution in [0.4, 0.5) is 0 Å². The van der Waals surface area contributed by atoms with Crippen molar-refractivity contribution in [3.63, 3.8) is 0 Å². The minimum absolute atomic E-state index is 0.299. The van der Waals surface area contributed by atoms with E-state index in [-0.39, 0.29) is 5.41 Å². The molecule has 5 rings (SSSR count). The third kappa shape index (κ3) is 3.24. The summed E-state index contributed by atoms with van der Waals surface area (Å²) in [6.07, 6.45) is 1.63. The summed E-state index contributed by atoms with van der Waals surface area (Å²) < 4.78 is 0. The molecule has 30 heavy (non-hydrogen) atoms. The summed E-state index contributed by atoms with van der Waals surface area (Å²) in [5.41, 5.74) is 6.01. The zero-order valence-electron chi connectivity index (χ0n) is 16.4. The zero-order chi connectivity index (χ0) is 20.7. The number of aliphatic hydroxyl groups is 1. The Bertz CT molecular complexity index is 1080. The molecule has 7 heteroatoms. The van der Waals surface area contributed by atoms with Crippen molar-refractivity contribution in [2.75, 3.05) is 6.54 Å². The molecule has 1 spiro atoms. The second-order valence-electron chi connectivity index (χ2n) is 8.20. The molecule has 1 amide bonds. The molecule has 1 aliphatic carbocycles. The number of hydrogen-bond acceptors (Lipinski definition) is 6. The lowest BCUT2D eigenvalue weighted by molar-refractivity contribution is -0.0411. The van der Waals surface area contributed by atoms with Crippen LogP contribution in [0, 0.1) is 5.41 Å². The molecule has 1 aromatic heterocycles. The number of aromatic nitrogens is 1. The molecule has 3 aromatic rings. The summed E-state index contributed by atoms with van der Waals surface area (Å²) in [7, 11) is 0. The standard InChI is InChI=1S/C23H23N3O3S/c27-20(25-29)18-8-4-7-16-11-23(12-19(16)18)9-10-26(22(23)28)13-17-14-30-21(24-17)15-5-2-1-3-6-15/h1-8,14,22,28-29H,9-13H2,(H,25,27). The number of amides is 1. The second-order valence-corrected chi connectivity index (χ2v) is 9.06. The molecule has 1 fully saturated rings. The van der Waals surface area contributed by atoms with Gasteiger partial charge in [-0.05, 0) is 36.5 Å². The summed E-state index contributed by atoms with van der Waals surface area (Å²) in [6, 6.07) is 15.7. The number of nitrogens with zero attached hydrogens (tertiary/aromatic N) is 2. The van der Waals surface area contributed by atoms with Gasteiger partial charge in [-0.15, -0.1) is 11.3 Å². The second kappa shape index (κ2) is 7.59. The number of benzene rings is 2. The van der Waals surface area contributed by atoms with Gasteiger partial charge in [0.2, 0.25) is 0 Å². The van der Waals surface area contributed by atoms with Crippen molar-refractivity contribution in [3.8, 4) is 10.6 Å². The van der Waals surface area contributed by atoms with Crippen molar-refractivity contribution in [1.82, 2.24) is 15.4 Å². The Kier molecular flexibility index (Phi) is 4.91. The number of likely N-dealkylation sites (tertiary alicyclic amines) is 1. The Hall–Kier alpha value is -2.58. The van der Waals surface area contributed by atoms with Gasteiger partial charge in [0.15, 0.2) is 0 Å². The van der Waals surface area contributed by atoms with Crippen LogP contribution in [0.5, 0.6) is 0 Å². The molecule has 2 aliphatic rings. The maximum absolute atomic E-state index is 12.0. The molecular formula is C23H23N3O3S. The largest absolute Gasteiger partial charge is 0.378 e. The molecule has 2 atom stereocenters. The van der Waals surface area contributed by atoms with Crippen molar-refractivity contribution in [1.29, 1.82) is 0 Å². The molecule has 6 nitrogen and oxygen atoms in total. The van der Waals surface area contributed by atoms with Crippen molar-refractivity contribution in [2.24, 2.45) is 5.41 Å². The maximum Gasteiger partial charge on any atom is 0.274 e. The Morgan fingerprint density at radius 3 is 2.83 bits per heavy atom. The lowest BCUT2D eigenvalue weighted by Crippen LogP contribution is -2.40. The monoisotopic (exact) mass is 421 g/mol. The number of nitrogens with one attached hydrogen (secondary N) is 1. The first-order chi connectivity index (χ1) is 14.6. The number of aliphatic hydroxyl groups excluding tert-OH is 1. The van der Waals surface area contributed by atoms with Crippen LogP contribution in [0.25, 0.3) is 10.6 Å². The highest BCUT2D eigenvalue weighted by Gasteiger charge is 2.50. The number of fused-ring (bicyclic) bond motifs is 1. The van der Waals surface area contributed by atoms with Gasteiger partial charge >= 0.3 is 0 Å². The molecule has 0 bridgehead atoms. The highest BCUT2D eigenvalue weighted by atomic mass is 32.1. The predicted octanol–water partition coefficient (Wildman–Crippen LogP) is 3.24. The van der Waals surface area contributed by atoms with Crippen molar-refractivity contribution in [2.45, 2.75) is 32.0 Å². The van der Waals surface area contributed by atoms with Gasteiger partial charge in [-0.2, -0.15) is 0 Å². The van der Waals surface area contributed by atoms with Gasteiger partial charge in [0.05, 0.1) is 5.69 Å². The highest BCUT2D eigenvalue weighted by Crippen LogP contribution is 2.48. The van der Waals surface area contributed by atoms with Crippen LogP contribution < -0.4 is 5.48 Å². The molecule has 0 radical (unpaired) electrons. The first kappa shape index (κ1) is 19.4. The summed E-state index contributed by atoms with van der Waals surface area (Å²) in [5, 5.41) is 23.3. The van der Waals surface area contributed by atoms with Crippen molar-refractivity contribution >= 4 is 17.2 Å². The van der Waals surface area contributed by atoms with Gasteiger partial charge in [0.25, 0.3) is 5.91 Å². The van der Waals surface area contributed by atoms with Crippen LogP contribution in [0.3, 0.4) is 0 Å². The van der Waals surface area contributed by atoms with E-state index < -0.39 is 12.1 Å². The van der Waals surface area contributed by atoms with E-state index in [4.69, 9.17) is 10.2 Å². The first-order valence-corrected chi connectivity index (χ1v) is 10.9. The van der Waals surface area contributed by atoms with Crippen molar-refractivity contribution < 1.29 is 15.1 Å². The maximum atomic E-state index is 12.0. The van der Waals surface area contributed by atoms with E-state index in [0.717, 1.165) is 46.8 Å². The quantitative estimate of drug-likeness (QED) is 0.445. The number of carbonyl (C=O) groups is 1. The third-order valence-electron chi connectivity index (χ3n) is 6.42. The van der Waals surface area contributed by atoms with Gasteiger partial charge in [-0.1, -0.05) is 42.5 Å². The van der Waals surface area contributed by atoms with Crippen LogP contribution in [0.1, 0.15) is 33.6 Å². The minimum Gasteiger partial charge on any atom is -0.378 e. The number of hydroxylamine groups is 1. The summed E-state index contributed by atoms with van der Waals surface area (Å²) in [4.78, 5) is 18.9. The highest BCUT2D eigenvalue weighted by molar-refractivity contribution is 7.13. The Labute approximate surface area is 178 Å². The molecule has 2 unspecified atom stereocenters. The van der Waals surface area contributed by atoms with Gasteiger partial charge < -0.3 is 5.11 Å². The van der Waals surface area contributed by atoms with E-state index >= 15 is 0 Å². The topological polar surface area (TPSA) is 85.7 Å². The average Bonchev–Trinajstić information content (AvgIpc) is 3.48. The van der Waals surface area contributed by atoms with E-state index in [0.29, 0.717) is 18.5 Å². The fourth-order valence-corrected chi connectivity index (χ4v) is 5.72. The van der Waals surface area contributed by atoms with Crippen LogP contribution in [0.15, 0.2) is 53.9 Å². The van der Waals surface area contributed by atoms with E-state index in [2.05, 4.69) is 22.4 Å². The third-order valence-corrected chi connectivity index (χ3v) is 7.36. The van der Waals surface area contributed by atoms with E-state index in [1.807, 2.05) is 30.3 Å². The summed E-state index contributed by atoms with van der Waals surface area (Å²) >= 11 is 1.62. The molecule has 1 aliphatic heterocycles. The predicted molar refractivity (Wildman–Crippen MR) is 114 cm³/mol. The molecule has 0 saturated carbocycles. The van der Waals surface area contributed by atoms with Crippen molar-refractivity contribution in [3.05, 3.63) is 76.3 Å². The summed E-state index contributed by atoms with van der Waals surface area (Å²) in [6.45, 7) is 1.39. The molecular weight excluding hydrogens is 398 g/mol. The number of rotatable bonds is 4. The fourth-order valence-electron chi connectivity index (χ4n) is 4.91. The molecule has 1 saturated heterocycles. The number of carbonyl (C=O) groups excluding carboxylic acids is 1. The molecule has 2 aromatic carbocycles. The van der Waals surface area contributed by atoms with Gasteiger partial charge in [0.1, 0.15) is 11.2 Å². The zero-order valence-corrected chi connectivity index (χ0v) is 17.2. The van der Waals surface area contributed by atoms with Crippen LogP contribution in [-0.4, -0.2) is 38.9 Å². The average molecular weight is 422 g/mol. The van der Waals surface area contributed by atoms with Crippen LogP contribution >= 0.6 is 11.3 Å². The lowest BCUT2D eigenvalue weighted by atomic mass is 9.82. The van der Waals surface area contributed by atoms with Gasteiger partial charge in [0, 0.05) is 35.0 Å². The summed E-state index contributed by atoms with van der Waals surface area (Å²) in [5.74, 6) is -0.496. The van der Waals surface area contributed by atoms with E-state index in [9.17, 15) is 9.90 Å². The number of hydrogen-bond donors (Lipinski definition) is 3. The molecule has 154 valence electrons.